The van der Waals surface area contributed by atoms with Gasteiger partial charge in [-0.2, -0.15) is 26.3 Å². The van der Waals surface area contributed by atoms with Crippen molar-refractivity contribution < 1.29 is 45.4 Å². The van der Waals surface area contributed by atoms with Crippen molar-refractivity contribution in [3.63, 3.8) is 0 Å². The minimum Gasteiger partial charge on any atom is -0.441 e. The number of aliphatic hydroxyl groups is 2. The van der Waals surface area contributed by atoms with E-state index in [2.05, 4.69) is 9.97 Å². The van der Waals surface area contributed by atoms with Crippen molar-refractivity contribution in [3.05, 3.63) is 82.6 Å². The molecule has 2 aromatic carbocycles. The van der Waals surface area contributed by atoms with Gasteiger partial charge in [0.1, 0.15) is 11.5 Å². The highest BCUT2D eigenvalue weighted by Crippen LogP contribution is 2.34. The molecule has 6 nitrogen and oxygen atoms in total. The van der Waals surface area contributed by atoms with E-state index >= 15 is 0 Å². The summed E-state index contributed by atoms with van der Waals surface area (Å²) in [4.78, 5) is 8.54. The summed E-state index contributed by atoms with van der Waals surface area (Å²) in [7, 11) is 0. The number of benzene rings is 2. The van der Waals surface area contributed by atoms with Crippen molar-refractivity contribution in [2.45, 2.75) is 65.7 Å². The number of hydrogen-bond acceptors (Lipinski definition) is 6. The lowest BCUT2D eigenvalue weighted by Gasteiger charge is -2.18. The summed E-state index contributed by atoms with van der Waals surface area (Å²) in [5.74, 6) is 1.43. The monoisotopic (exact) mass is 600 g/mol. The van der Waals surface area contributed by atoms with Crippen LogP contribution in [0.25, 0.3) is 22.9 Å². The summed E-state index contributed by atoms with van der Waals surface area (Å²) in [6.07, 6.45) is -8.73. The third-order valence-corrected chi connectivity index (χ3v) is 6.32. The molecule has 0 spiro atoms. The Morgan fingerprint density at radius 3 is 1.50 bits per heavy atom. The highest BCUT2D eigenvalue weighted by atomic mass is 19.4. The van der Waals surface area contributed by atoms with Crippen LogP contribution < -0.4 is 0 Å². The van der Waals surface area contributed by atoms with Gasteiger partial charge in [0, 0.05) is 22.5 Å². The van der Waals surface area contributed by atoms with Crippen LogP contribution in [-0.4, -0.2) is 33.4 Å². The summed E-state index contributed by atoms with van der Waals surface area (Å²) in [6, 6.07) is 9.25. The molecule has 0 amide bonds. The predicted octanol–water partition coefficient (Wildman–Crippen LogP) is 8.34. The first kappa shape index (κ1) is 34.6. The Bertz CT molecular complexity index is 1440. The normalized spacial score (nSPS) is 12.8. The van der Waals surface area contributed by atoms with Gasteiger partial charge in [-0.3, -0.25) is 0 Å². The smallest absolute Gasteiger partial charge is 0.416 e. The first-order valence-electron chi connectivity index (χ1n) is 12.5. The van der Waals surface area contributed by atoms with Gasteiger partial charge in [0.2, 0.25) is 11.8 Å². The molecule has 0 saturated heterocycles. The molecule has 1 atom stereocenters. The molecule has 4 rings (SSSR count). The number of aromatic nitrogens is 2. The molecule has 230 valence electrons. The molecule has 42 heavy (non-hydrogen) atoms. The van der Waals surface area contributed by atoms with Crippen LogP contribution in [0, 0.1) is 13.8 Å². The zero-order valence-corrected chi connectivity index (χ0v) is 23.0. The Hall–Kier alpha value is -3.64. The number of hydrogen-bond donors (Lipinski definition) is 2. The maximum Gasteiger partial charge on any atom is 0.416 e. The minimum absolute atomic E-state index is 0. The Morgan fingerprint density at radius 2 is 1.12 bits per heavy atom. The number of oxazole rings is 2. The summed E-state index contributed by atoms with van der Waals surface area (Å²) in [5.41, 5.74) is 0.141. The van der Waals surface area contributed by atoms with Crippen molar-refractivity contribution in [1.29, 1.82) is 0 Å². The lowest BCUT2D eigenvalue weighted by atomic mass is 9.89. The zero-order chi connectivity index (χ0) is 30.8. The van der Waals surface area contributed by atoms with E-state index in [1.54, 1.807) is 20.8 Å². The number of nitrogens with zero attached hydrogens (tertiary/aromatic N) is 2. The Labute approximate surface area is 240 Å². The van der Waals surface area contributed by atoms with E-state index in [1.807, 2.05) is 13.8 Å². The summed E-state index contributed by atoms with van der Waals surface area (Å²) in [5, 5.41) is 18.5. The fraction of sp³-hybridized carbons (Fsp3) is 0.400. The van der Waals surface area contributed by atoms with E-state index in [1.165, 1.54) is 24.3 Å². The van der Waals surface area contributed by atoms with Gasteiger partial charge >= 0.3 is 12.4 Å². The Morgan fingerprint density at radius 1 is 0.714 bits per heavy atom. The van der Waals surface area contributed by atoms with Gasteiger partial charge in [0.15, 0.2) is 0 Å². The Kier molecular flexibility index (Phi) is 10.8. The van der Waals surface area contributed by atoms with Crippen LogP contribution in [0.4, 0.5) is 26.3 Å². The maximum atomic E-state index is 12.5. The maximum absolute atomic E-state index is 12.5. The van der Waals surface area contributed by atoms with Crippen LogP contribution in [0.15, 0.2) is 57.4 Å². The van der Waals surface area contributed by atoms with Crippen molar-refractivity contribution in [2.24, 2.45) is 0 Å². The number of alkyl halides is 6. The van der Waals surface area contributed by atoms with Crippen LogP contribution in [0.3, 0.4) is 0 Å². The van der Waals surface area contributed by atoms with Crippen LogP contribution >= 0.6 is 0 Å². The first-order chi connectivity index (χ1) is 19.0. The third-order valence-electron chi connectivity index (χ3n) is 6.32. The van der Waals surface area contributed by atoms with Gasteiger partial charge in [-0.15, -0.1) is 0 Å². The second-order valence-corrected chi connectivity index (χ2v) is 10.2. The van der Waals surface area contributed by atoms with E-state index in [-0.39, 0.29) is 38.3 Å². The molecule has 12 heteroatoms. The quantitative estimate of drug-likeness (QED) is 0.216. The van der Waals surface area contributed by atoms with Gasteiger partial charge in [-0.1, -0.05) is 28.2 Å². The number of rotatable bonds is 6. The molecule has 2 heterocycles. The molecule has 0 aliphatic rings. The van der Waals surface area contributed by atoms with E-state index in [9.17, 15) is 31.4 Å². The molecule has 0 aliphatic heterocycles. The second-order valence-electron chi connectivity index (χ2n) is 10.2. The first-order valence-corrected chi connectivity index (χ1v) is 12.5. The van der Waals surface area contributed by atoms with E-state index < -0.39 is 28.9 Å². The molecule has 2 aromatic heterocycles. The molecular weight excluding hydrogens is 566 g/mol. The van der Waals surface area contributed by atoms with Gasteiger partial charge in [0.05, 0.1) is 35.7 Å². The van der Waals surface area contributed by atoms with Gasteiger partial charge in [-0.25, -0.2) is 9.97 Å². The fourth-order valence-electron chi connectivity index (χ4n) is 3.90. The van der Waals surface area contributed by atoms with Crippen LogP contribution in [-0.2, 0) is 17.8 Å². The second kappa shape index (κ2) is 13.1. The van der Waals surface area contributed by atoms with Gasteiger partial charge in [-0.05, 0) is 62.4 Å². The van der Waals surface area contributed by atoms with Crippen molar-refractivity contribution in [2.75, 3.05) is 13.2 Å². The van der Waals surface area contributed by atoms with Crippen molar-refractivity contribution >= 4 is 0 Å². The molecule has 0 fully saturated rings. The molecule has 0 radical (unpaired) electrons. The highest BCUT2D eigenvalue weighted by Gasteiger charge is 2.32. The standard InChI is InChI=1S/C15H16F3NO2.C14H14F3NO2.CH4/c1-9-12(14(2,3)8-20)19-13(21-9)10-4-6-11(7-5-10)15(16,17)18;1-8(7-19)12-9(2)20-13(18-12)10-3-5-11(6-4-10)14(15,16)17;/h4-7,20H,8H2,1-3H3;3-6,8,19H,7H2,1-2H3;1H4. The van der Waals surface area contributed by atoms with Gasteiger partial charge < -0.3 is 19.0 Å². The van der Waals surface area contributed by atoms with Crippen LogP contribution in [0.5, 0.6) is 0 Å². The molecule has 1 unspecified atom stereocenters. The molecule has 4 aromatic rings. The molecule has 0 saturated carbocycles. The summed E-state index contributed by atoms with van der Waals surface area (Å²) < 4.78 is 86.0. The molecular formula is C30H34F6N2O4. The van der Waals surface area contributed by atoms with E-state index in [4.69, 9.17) is 13.9 Å². The predicted molar refractivity (Wildman–Crippen MR) is 146 cm³/mol. The molecule has 2 N–H and O–H groups in total. The molecule has 0 bridgehead atoms. The average molecular weight is 601 g/mol. The topological polar surface area (TPSA) is 92.5 Å². The minimum atomic E-state index is -4.37. The largest absolute Gasteiger partial charge is 0.441 e. The average Bonchev–Trinajstić information content (AvgIpc) is 3.51. The molecule has 0 aliphatic carbocycles. The lowest BCUT2D eigenvalue weighted by molar-refractivity contribution is -0.138. The summed E-state index contributed by atoms with van der Waals surface area (Å²) in [6.45, 7) is 8.67. The highest BCUT2D eigenvalue weighted by molar-refractivity contribution is 5.55. The van der Waals surface area contributed by atoms with E-state index in [0.29, 0.717) is 34.0 Å². The number of aliphatic hydroxyl groups excluding tert-OH is 2. The lowest BCUT2D eigenvalue weighted by Crippen LogP contribution is -2.23. The fourth-order valence-corrected chi connectivity index (χ4v) is 3.90. The number of halogens is 6. The van der Waals surface area contributed by atoms with Crippen LogP contribution in [0.2, 0.25) is 0 Å². The SMILES string of the molecule is C.Cc1oc(-c2ccc(C(F)(F)F)cc2)nc1C(C)(C)CO.Cc1oc(-c2ccc(C(F)(F)F)cc2)nc1C(C)CO. The number of aryl methyl sites for hydroxylation is 2. The van der Waals surface area contributed by atoms with E-state index in [0.717, 1.165) is 24.3 Å². The third kappa shape index (κ3) is 8.01. The van der Waals surface area contributed by atoms with Crippen molar-refractivity contribution in [3.8, 4) is 22.9 Å². The van der Waals surface area contributed by atoms with Crippen molar-refractivity contribution in [1.82, 2.24) is 9.97 Å². The Balaban J connectivity index is 0.000000287. The van der Waals surface area contributed by atoms with Gasteiger partial charge in [0.25, 0.3) is 0 Å². The zero-order valence-electron chi connectivity index (χ0n) is 23.0. The van der Waals surface area contributed by atoms with Crippen LogP contribution in [0.1, 0.15) is 68.2 Å². The summed E-state index contributed by atoms with van der Waals surface area (Å²) >= 11 is 0.